The zero-order valence-corrected chi connectivity index (χ0v) is 11.4. The predicted molar refractivity (Wildman–Crippen MR) is 66.4 cm³/mol. The van der Waals surface area contributed by atoms with E-state index in [2.05, 4.69) is 34.0 Å². The molecule has 17 heavy (non-hydrogen) atoms. The lowest BCUT2D eigenvalue weighted by atomic mass is 10.1. The molecule has 0 bridgehead atoms. The highest BCUT2D eigenvalue weighted by Gasteiger charge is 2.21. The van der Waals surface area contributed by atoms with E-state index >= 15 is 0 Å². The number of rotatable bonds is 6. The summed E-state index contributed by atoms with van der Waals surface area (Å²) in [5, 5.41) is 3.89. The molecule has 0 aliphatic heterocycles. The van der Waals surface area contributed by atoms with E-state index < -0.39 is 5.54 Å². The Morgan fingerprint density at radius 3 is 2.35 bits per heavy atom. The highest BCUT2D eigenvalue weighted by atomic mass is 16.5. The first-order valence-corrected chi connectivity index (χ1v) is 5.74. The zero-order chi connectivity index (χ0) is 13.1. The minimum Gasteiger partial charge on any atom is -0.338 e. The van der Waals surface area contributed by atoms with Gasteiger partial charge in [0.1, 0.15) is 0 Å². The van der Waals surface area contributed by atoms with Gasteiger partial charge in [-0.2, -0.15) is 4.98 Å². The van der Waals surface area contributed by atoms with Crippen molar-refractivity contribution in [3.8, 4) is 0 Å². The van der Waals surface area contributed by atoms with Crippen LogP contribution in [0.1, 0.15) is 25.6 Å². The van der Waals surface area contributed by atoms with E-state index in [1.807, 2.05) is 20.9 Å². The third-order valence-electron chi connectivity index (χ3n) is 2.38. The van der Waals surface area contributed by atoms with Gasteiger partial charge in [-0.3, -0.25) is 4.90 Å². The Morgan fingerprint density at radius 1 is 1.24 bits per heavy atom. The van der Waals surface area contributed by atoms with Gasteiger partial charge < -0.3 is 15.2 Å². The van der Waals surface area contributed by atoms with Gasteiger partial charge in [-0.25, -0.2) is 0 Å². The van der Waals surface area contributed by atoms with Crippen molar-refractivity contribution in [3.05, 3.63) is 11.7 Å². The highest BCUT2D eigenvalue weighted by molar-refractivity contribution is 4.98. The maximum Gasteiger partial charge on any atom is 0.240 e. The van der Waals surface area contributed by atoms with Gasteiger partial charge >= 0.3 is 0 Å². The van der Waals surface area contributed by atoms with Gasteiger partial charge in [-0.05, 0) is 35.0 Å². The summed E-state index contributed by atoms with van der Waals surface area (Å²) in [6.45, 7) is 6.32. The molecule has 0 saturated carbocycles. The highest BCUT2D eigenvalue weighted by Crippen LogP contribution is 2.13. The van der Waals surface area contributed by atoms with Crippen molar-refractivity contribution in [3.63, 3.8) is 0 Å². The summed E-state index contributed by atoms with van der Waals surface area (Å²) in [6.07, 6.45) is 0. The smallest absolute Gasteiger partial charge is 0.240 e. The first kappa shape index (κ1) is 14.1. The molecule has 1 aromatic heterocycles. The van der Waals surface area contributed by atoms with Gasteiger partial charge in [0.25, 0.3) is 0 Å². The fourth-order valence-corrected chi connectivity index (χ4v) is 1.26. The number of nitrogens with two attached hydrogens (primary N) is 1. The van der Waals surface area contributed by atoms with Gasteiger partial charge in [0.05, 0.1) is 12.1 Å². The first-order valence-electron chi connectivity index (χ1n) is 5.74. The molecule has 0 radical (unpaired) electrons. The van der Waals surface area contributed by atoms with Crippen molar-refractivity contribution in [1.29, 1.82) is 0 Å². The zero-order valence-electron chi connectivity index (χ0n) is 11.4. The quantitative estimate of drug-likeness (QED) is 0.770. The molecule has 1 rings (SSSR count). The molecule has 2 N–H and O–H groups in total. The molecule has 0 aromatic carbocycles. The van der Waals surface area contributed by atoms with Crippen LogP contribution < -0.4 is 5.73 Å². The van der Waals surface area contributed by atoms with Crippen LogP contribution in [0.25, 0.3) is 0 Å². The van der Waals surface area contributed by atoms with Crippen molar-refractivity contribution >= 4 is 0 Å². The van der Waals surface area contributed by atoms with Gasteiger partial charge in [-0.1, -0.05) is 5.16 Å². The van der Waals surface area contributed by atoms with Crippen LogP contribution in [0.5, 0.6) is 0 Å². The molecular weight excluding hydrogens is 218 g/mol. The van der Waals surface area contributed by atoms with Gasteiger partial charge in [0.2, 0.25) is 5.89 Å². The van der Waals surface area contributed by atoms with Gasteiger partial charge in [0.15, 0.2) is 5.82 Å². The topological polar surface area (TPSA) is 71.4 Å². The van der Waals surface area contributed by atoms with Crippen molar-refractivity contribution in [1.82, 2.24) is 19.9 Å². The van der Waals surface area contributed by atoms with Crippen LogP contribution in [-0.2, 0) is 12.1 Å². The molecule has 1 aromatic rings. The third-order valence-corrected chi connectivity index (χ3v) is 2.38. The second-order valence-electron chi connectivity index (χ2n) is 5.27. The Kier molecular flexibility index (Phi) is 4.62. The van der Waals surface area contributed by atoms with E-state index in [-0.39, 0.29) is 0 Å². The number of hydrogen-bond acceptors (Lipinski definition) is 6. The van der Waals surface area contributed by atoms with Crippen molar-refractivity contribution in [2.24, 2.45) is 5.73 Å². The van der Waals surface area contributed by atoms with Crippen LogP contribution in [-0.4, -0.2) is 54.2 Å². The molecule has 6 nitrogen and oxygen atoms in total. The Bertz CT molecular complexity index is 342. The molecule has 98 valence electrons. The van der Waals surface area contributed by atoms with E-state index in [0.717, 1.165) is 13.1 Å². The lowest BCUT2D eigenvalue weighted by molar-refractivity contribution is 0.241. The Morgan fingerprint density at radius 2 is 1.88 bits per heavy atom. The molecule has 0 saturated heterocycles. The van der Waals surface area contributed by atoms with Crippen LogP contribution in [0.4, 0.5) is 0 Å². The summed E-state index contributed by atoms with van der Waals surface area (Å²) in [4.78, 5) is 8.57. The molecule has 6 heteroatoms. The maximum atomic E-state index is 5.89. The first-order chi connectivity index (χ1) is 7.79. The molecule has 0 spiro atoms. The van der Waals surface area contributed by atoms with Crippen LogP contribution in [0.2, 0.25) is 0 Å². The SMILES string of the molecule is CN(C)CCN(C)Cc1nc(C(C)(C)N)no1. The van der Waals surface area contributed by atoms with E-state index in [0.29, 0.717) is 18.3 Å². The summed E-state index contributed by atoms with van der Waals surface area (Å²) in [6, 6.07) is 0. The normalized spacial score (nSPS) is 12.7. The lowest BCUT2D eigenvalue weighted by Crippen LogP contribution is -2.30. The van der Waals surface area contributed by atoms with E-state index in [4.69, 9.17) is 10.3 Å². The summed E-state index contributed by atoms with van der Waals surface area (Å²) < 4.78 is 5.17. The van der Waals surface area contributed by atoms with Crippen molar-refractivity contribution < 1.29 is 4.52 Å². The lowest BCUT2D eigenvalue weighted by Gasteiger charge is -2.17. The molecule has 0 aliphatic rings. The number of aromatic nitrogens is 2. The molecule has 0 fully saturated rings. The molecule has 0 atom stereocenters. The molecular formula is C11H23N5O. The average molecular weight is 241 g/mol. The second kappa shape index (κ2) is 5.57. The minimum absolute atomic E-state index is 0.550. The Labute approximate surface area is 103 Å². The monoisotopic (exact) mass is 241 g/mol. The Balaban J connectivity index is 2.49. The number of likely N-dealkylation sites (N-methyl/N-ethyl adjacent to an activating group) is 2. The summed E-state index contributed by atoms with van der Waals surface area (Å²) in [5.41, 5.74) is 5.34. The van der Waals surface area contributed by atoms with Crippen LogP contribution >= 0.6 is 0 Å². The number of nitrogens with zero attached hydrogens (tertiary/aromatic N) is 4. The van der Waals surface area contributed by atoms with Gasteiger partial charge in [-0.15, -0.1) is 0 Å². The van der Waals surface area contributed by atoms with Crippen LogP contribution in [0, 0.1) is 0 Å². The fraction of sp³-hybridized carbons (Fsp3) is 0.818. The largest absolute Gasteiger partial charge is 0.338 e. The minimum atomic E-state index is -0.552. The Hall–Kier alpha value is -0.980. The maximum absolute atomic E-state index is 5.89. The molecule has 1 heterocycles. The van der Waals surface area contributed by atoms with Crippen molar-refractivity contribution in [2.75, 3.05) is 34.2 Å². The molecule has 0 amide bonds. The standard InChI is InChI=1S/C11H23N5O/c1-11(2,12)10-13-9(17-14-10)8-16(5)7-6-15(3)4/h6-8,12H2,1-5H3. The van der Waals surface area contributed by atoms with Gasteiger partial charge in [0, 0.05) is 13.1 Å². The molecule has 0 aliphatic carbocycles. The molecule has 0 unspecified atom stereocenters. The predicted octanol–water partition coefficient (Wildman–Crippen LogP) is 0.257. The van der Waals surface area contributed by atoms with E-state index in [1.165, 1.54) is 0 Å². The van der Waals surface area contributed by atoms with Crippen molar-refractivity contribution in [2.45, 2.75) is 25.9 Å². The van der Waals surface area contributed by atoms with Crippen LogP contribution in [0.15, 0.2) is 4.52 Å². The fourth-order valence-electron chi connectivity index (χ4n) is 1.26. The third kappa shape index (κ3) is 4.80. The van der Waals surface area contributed by atoms with E-state index in [9.17, 15) is 0 Å². The summed E-state index contributed by atoms with van der Waals surface area (Å²) in [5.74, 6) is 1.16. The average Bonchev–Trinajstić information content (AvgIpc) is 2.62. The van der Waals surface area contributed by atoms with E-state index in [1.54, 1.807) is 0 Å². The summed E-state index contributed by atoms with van der Waals surface area (Å²) in [7, 11) is 6.13. The second-order valence-corrected chi connectivity index (χ2v) is 5.27. The summed E-state index contributed by atoms with van der Waals surface area (Å²) >= 11 is 0. The number of hydrogen-bond donors (Lipinski definition) is 1. The van der Waals surface area contributed by atoms with Crippen LogP contribution in [0.3, 0.4) is 0 Å².